The number of carbonyl (C=O) groups is 1. The van der Waals surface area contributed by atoms with Gasteiger partial charge in [-0.15, -0.1) is 0 Å². The summed E-state index contributed by atoms with van der Waals surface area (Å²) in [6, 6.07) is 10.7. The van der Waals surface area contributed by atoms with Crippen LogP contribution < -0.4 is 15.4 Å². The van der Waals surface area contributed by atoms with Crippen molar-refractivity contribution in [1.29, 1.82) is 0 Å². The summed E-state index contributed by atoms with van der Waals surface area (Å²) >= 11 is 0. The molecule has 3 rings (SSSR count). The number of carbonyl (C=O) groups excluding carboxylic acids is 1. The maximum absolute atomic E-state index is 12.9. The molecule has 8 heteroatoms. The molecule has 0 spiro atoms. The maximum atomic E-state index is 12.9. The zero-order valence-corrected chi connectivity index (χ0v) is 14.8. The second-order valence-corrected chi connectivity index (χ2v) is 5.93. The van der Waals surface area contributed by atoms with Crippen LogP contribution in [0.3, 0.4) is 0 Å². The molecule has 1 atom stereocenters. The maximum Gasteiger partial charge on any atom is 0.315 e. The number of hydrogen-bond donors (Lipinski definition) is 2. The molecule has 0 bridgehead atoms. The molecule has 3 aromatic rings. The van der Waals surface area contributed by atoms with E-state index in [0.717, 1.165) is 5.56 Å². The number of halogens is 1. The first-order chi connectivity index (χ1) is 13.1. The molecule has 2 N–H and O–H groups in total. The van der Waals surface area contributed by atoms with Gasteiger partial charge in [-0.2, -0.15) is 5.10 Å². The smallest absolute Gasteiger partial charge is 0.315 e. The Hall–Kier alpha value is -3.42. The summed E-state index contributed by atoms with van der Waals surface area (Å²) in [7, 11) is 0. The van der Waals surface area contributed by atoms with E-state index in [0.29, 0.717) is 18.1 Å². The quantitative estimate of drug-likeness (QED) is 0.671. The van der Waals surface area contributed by atoms with Gasteiger partial charge in [0, 0.05) is 30.7 Å². The fourth-order valence-electron chi connectivity index (χ4n) is 2.41. The minimum absolute atomic E-state index is 0.227. The summed E-state index contributed by atoms with van der Waals surface area (Å²) in [5, 5.41) is 9.76. The number of benzene rings is 1. The molecule has 0 aliphatic rings. The van der Waals surface area contributed by atoms with Crippen molar-refractivity contribution in [3.63, 3.8) is 0 Å². The molecule has 0 radical (unpaired) electrons. The van der Waals surface area contributed by atoms with Gasteiger partial charge in [0.1, 0.15) is 18.2 Å². The Morgan fingerprint density at radius 1 is 1.22 bits per heavy atom. The molecule has 2 amide bonds. The minimum Gasteiger partial charge on any atom is -0.491 e. The molecule has 1 aromatic carbocycles. The highest BCUT2D eigenvalue weighted by Gasteiger charge is 2.10. The second kappa shape index (κ2) is 8.79. The molecule has 1 unspecified atom stereocenters. The number of amides is 2. The van der Waals surface area contributed by atoms with Gasteiger partial charge < -0.3 is 15.4 Å². The summed E-state index contributed by atoms with van der Waals surface area (Å²) in [5.74, 6) is 0.887. The van der Waals surface area contributed by atoms with Crippen molar-refractivity contribution in [3.8, 4) is 11.6 Å². The largest absolute Gasteiger partial charge is 0.491 e. The Morgan fingerprint density at radius 2 is 2.04 bits per heavy atom. The summed E-state index contributed by atoms with van der Waals surface area (Å²) in [5.41, 5.74) is 0.839. The lowest BCUT2D eigenvalue weighted by atomic mass is 10.2. The van der Waals surface area contributed by atoms with Crippen LogP contribution in [-0.2, 0) is 6.54 Å². The highest BCUT2D eigenvalue weighted by molar-refractivity contribution is 5.74. The Balaban J connectivity index is 1.48. The van der Waals surface area contributed by atoms with Crippen LogP contribution in [0.1, 0.15) is 12.5 Å². The van der Waals surface area contributed by atoms with Crippen molar-refractivity contribution in [2.75, 3.05) is 6.61 Å². The topological polar surface area (TPSA) is 81.1 Å². The molecule has 0 aliphatic heterocycles. The average Bonchev–Trinajstić information content (AvgIpc) is 3.21. The summed E-state index contributed by atoms with van der Waals surface area (Å²) in [4.78, 5) is 16.4. The number of ether oxygens (including phenoxy) is 1. The lowest BCUT2D eigenvalue weighted by Gasteiger charge is -2.16. The van der Waals surface area contributed by atoms with E-state index in [2.05, 4.69) is 20.7 Å². The highest BCUT2D eigenvalue weighted by Crippen LogP contribution is 2.11. The average molecular weight is 369 g/mol. The predicted molar refractivity (Wildman–Crippen MR) is 98.1 cm³/mol. The molecule has 0 saturated carbocycles. The number of aromatic nitrogens is 3. The van der Waals surface area contributed by atoms with Gasteiger partial charge in [0.25, 0.3) is 0 Å². The number of urea groups is 1. The predicted octanol–water partition coefficient (Wildman–Crippen LogP) is 2.67. The lowest BCUT2D eigenvalue weighted by molar-refractivity contribution is 0.226. The molecule has 0 fully saturated rings. The first kappa shape index (κ1) is 18.4. The Labute approximate surface area is 156 Å². The van der Waals surface area contributed by atoms with Gasteiger partial charge in [0.05, 0.1) is 6.04 Å². The van der Waals surface area contributed by atoms with E-state index < -0.39 is 0 Å². The fourth-order valence-corrected chi connectivity index (χ4v) is 2.41. The number of hydrogen-bond acceptors (Lipinski definition) is 4. The molecule has 2 heterocycles. The zero-order chi connectivity index (χ0) is 19.1. The first-order valence-electron chi connectivity index (χ1n) is 8.48. The Morgan fingerprint density at radius 3 is 2.78 bits per heavy atom. The SMILES string of the molecule is CC(COc1ccc(F)cc1)NC(=O)NCc1cccnc1-n1cccn1. The van der Waals surface area contributed by atoms with Crippen molar-refractivity contribution in [2.24, 2.45) is 0 Å². The third-order valence-corrected chi connectivity index (χ3v) is 3.72. The van der Waals surface area contributed by atoms with E-state index in [9.17, 15) is 9.18 Å². The van der Waals surface area contributed by atoms with Gasteiger partial charge >= 0.3 is 6.03 Å². The van der Waals surface area contributed by atoms with E-state index in [4.69, 9.17) is 4.74 Å². The molecule has 0 saturated heterocycles. The third kappa shape index (κ3) is 5.27. The fraction of sp³-hybridized carbons (Fsp3) is 0.211. The molecule has 2 aromatic heterocycles. The van der Waals surface area contributed by atoms with Gasteiger partial charge in [-0.3, -0.25) is 0 Å². The highest BCUT2D eigenvalue weighted by atomic mass is 19.1. The number of nitrogens with one attached hydrogen (secondary N) is 2. The molecular formula is C19H20FN5O2. The molecule has 140 valence electrons. The normalized spacial score (nSPS) is 11.6. The summed E-state index contributed by atoms with van der Waals surface area (Å²) < 4.78 is 20.0. The van der Waals surface area contributed by atoms with Crippen LogP contribution in [0.2, 0.25) is 0 Å². The second-order valence-electron chi connectivity index (χ2n) is 5.93. The summed E-state index contributed by atoms with van der Waals surface area (Å²) in [6.07, 6.45) is 5.14. The van der Waals surface area contributed by atoms with Crippen molar-refractivity contribution in [2.45, 2.75) is 19.5 Å². The van der Waals surface area contributed by atoms with E-state index in [-0.39, 0.29) is 24.5 Å². The van der Waals surface area contributed by atoms with Crippen molar-refractivity contribution in [3.05, 3.63) is 72.4 Å². The van der Waals surface area contributed by atoms with Gasteiger partial charge in [0.2, 0.25) is 0 Å². The number of rotatable bonds is 7. The van der Waals surface area contributed by atoms with Crippen molar-refractivity contribution >= 4 is 6.03 Å². The van der Waals surface area contributed by atoms with Crippen LogP contribution in [0, 0.1) is 5.82 Å². The molecular weight excluding hydrogens is 349 g/mol. The third-order valence-electron chi connectivity index (χ3n) is 3.72. The van der Waals surface area contributed by atoms with Crippen LogP contribution in [-0.4, -0.2) is 33.4 Å². The van der Waals surface area contributed by atoms with Gasteiger partial charge in [-0.1, -0.05) is 6.07 Å². The van der Waals surface area contributed by atoms with Gasteiger partial charge in [0.15, 0.2) is 5.82 Å². The van der Waals surface area contributed by atoms with Gasteiger partial charge in [-0.25, -0.2) is 18.9 Å². The van der Waals surface area contributed by atoms with Crippen molar-refractivity contribution in [1.82, 2.24) is 25.4 Å². The van der Waals surface area contributed by atoms with E-state index in [1.165, 1.54) is 12.1 Å². The zero-order valence-electron chi connectivity index (χ0n) is 14.8. The standard InChI is InChI=1S/C19H20FN5O2/c1-14(13-27-17-7-5-16(20)6-8-17)24-19(26)22-12-15-4-2-9-21-18(15)25-11-3-10-23-25/h2-11,14H,12-13H2,1H3,(H2,22,24,26). The van der Waals surface area contributed by atoms with Crippen LogP contribution in [0.4, 0.5) is 9.18 Å². The monoisotopic (exact) mass is 369 g/mol. The lowest BCUT2D eigenvalue weighted by Crippen LogP contribution is -2.43. The first-order valence-corrected chi connectivity index (χ1v) is 8.48. The number of pyridine rings is 1. The van der Waals surface area contributed by atoms with Crippen LogP contribution in [0.15, 0.2) is 61.1 Å². The molecule has 27 heavy (non-hydrogen) atoms. The van der Waals surface area contributed by atoms with Crippen LogP contribution in [0.25, 0.3) is 5.82 Å². The van der Waals surface area contributed by atoms with Crippen LogP contribution in [0.5, 0.6) is 5.75 Å². The van der Waals surface area contributed by atoms with E-state index in [1.54, 1.807) is 47.5 Å². The van der Waals surface area contributed by atoms with E-state index in [1.807, 2.05) is 13.0 Å². The number of nitrogens with zero attached hydrogens (tertiary/aromatic N) is 3. The Kier molecular flexibility index (Phi) is 5.98. The minimum atomic E-state index is -0.321. The van der Waals surface area contributed by atoms with Crippen molar-refractivity contribution < 1.29 is 13.9 Å². The van der Waals surface area contributed by atoms with Crippen LogP contribution >= 0.6 is 0 Å². The molecule has 0 aliphatic carbocycles. The summed E-state index contributed by atoms with van der Waals surface area (Å²) in [6.45, 7) is 2.40. The Bertz CT molecular complexity index is 868. The molecule has 7 nitrogen and oxygen atoms in total. The van der Waals surface area contributed by atoms with Gasteiger partial charge in [-0.05, 0) is 43.3 Å². The van der Waals surface area contributed by atoms with E-state index >= 15 is 0 Å².